The van der Waals surface area contributed by atoms with Crippen LogP contribution in [0.1, 0.15) is 39.5 Å². The number of carbonyl (C=O) groups excluding carboxylic acids is 1. The van der Waals surface area contributed by atoms with Gasteiger partial charge in [-0.15, -0.1) is 0 Å². The number of carbonyl (C=O) groups is 1. The first-order valence-electron chi connectivity index (χ1n) is 4.95. The number of urea groups is 1. The minimum absolute atomic E-state index is 0.301. The highest BCUT2D eigenvalue weighted by molar-refractivity contribution is 5.72. The summed E-state index contributed by atoms with van der Waals surface area (Å²) in [7, 11) is 1.80. The minimum atomic E-state index is -0.301. The predicted molar refractivity (Wildman–Crippen MR) is 53.4 cm³/mol. The van der Waals surface area contributed by atoms with Crippen LogP contribution in [0.2, 0.25) is 0 Å². The Balaban J connectivity index is 2.45. The van der Waals surface area contributed by atoms with Crippen molar-refractivity contribution >= 4 is 6.03 Å². The lowest BCUT2D eigenvalue weighted by molar-refractivity contribution is 0.140. The first kappa shape index (κ1) is 10.4. The third-order valence-electron chi connectivity index (χ3n) is 3.20. The van der Waals surface area contributed by atoms with Crippen LogP contribution in [0.15, 0.2) is 0 Å². The second-order valence-corrected chi connectivity index (χ2v) is 4.84. The normalized spacial score (nSPS) is 22.7. The summed E-state index contributed by atoms with van der Waals surface area (Å²) in [5, 5.41) is 0. The van der Waals surface area contributed by atoms with Crippen LogP contribution >= 0.6 is 0 Å². The molecule has 13 heavy (non-hydrogen) atoms. The third-order valence-corrected chi connectivity index (χ3v) is 3.20. The molecule has 2 amide bonds. The monoisotopic (exact) mass is 184 g/mol. The van der Waals surface area contributed by atoms with Gasteiger partial charge in [0, 0.05) is 13.1 Å². The standard InChI is InChI=1S/C10H20N2O/c1-10(2)6-4-8(5-7-10)12(3)9(11)13/h8H,4-7H2,1-3H3,(H2,11,13). The molecule has 0 radical (unpaired) electrons. The molecule has 0 aliphatic heterocycles. The van der Waals surface area contributed by atoms with Gasteiger partial charge in [-0.1, -0.05) is 13.8 Å². The Morgan fingerprint density at radius 3 is 2.23 bits per heavy atom. The highest BCUT2D eigenvalue weighted by Crippen LogP contribution is 2.36. The summed E-state index contributed by atoms with van der Waals surface area (Å²) in [5.74, 6) is 0. The molecule has 0 aromatic carbocycles. The molecule has 2 N–H and O–H groups in total. The van der Waals surface area contributed by atoms with E-state index >= 15 is 0 Å². The van der Waals surface area contributed by atoms with Crippen LogP contribution in [0.5, 0.6) is 0 Å². The van der Waals surface area contributed by atoms with Crippen LogP contribution < -0.4 is 5.73 Å². The third kappa shape index (κ3) is 2.61. The van der Waals surface area contributed by atoms with E-state index in [-0.39, 0.29) is 6.03 Å². The van der Waals surface area contributed by atoms with Crippen molar-refractivity contribution in [3.63, 3.8) is 0 Å². The van der Waals surface area contributed by atoms with Gasteiger partial charge in [-0.3, -0.25) is 0 Å². The van der Waals surface area contributed by atoms with Gasteiger partial charge in [0.05, 0.1) is 0 Å². The topological polar surface area (TPSA) is 46.3 Å². The molecule has 76 valence electrons. The van der Waals surface area contributed by atoms with Crippen molar-refractivity contribution in [1.29, 1.82) is 0 Å². The van der Waals surface area contributed by atoms with E-state index in [9.17, 15) is 4.79 Å². The van der Waals surface area contributed by atoms with Crippen molar-refractivity contribution in [1.82, 2.24) is 4.90 Å². The van der Waals surface area contributed by atoms with Gasteiger partial charge < -0.3 is 10.6 Å². The molecule has 0 saturated heterocycles. The van der Waals surface area contributed by atoms with E-state index in [1.807, 2.05) is 0 Å². The van der Waals surface area contributed by atoms with E-state index in [2.05, 4.69) is 13.8 Å². The average molecular weight is 184 g/mol. The van der Waals surface area contributed by atoms with Gasteiger partial charge >= 0.3 is 6.03 Å². The second kappa shape index (κ2) is 3.56. The molecule has 0 aromatic rings. The highest BCUT2D eigenvalue weighted by atomic mass is 16.2. The zero-order valence-electron chi connectivity index (χ0n) is 8.84. The largest absolute Gasteiger partial charge is 0.351 e. The molecule has 0 unspecified atom stereocenters. The summed E-state index contributed by atoms with van der Waals surface area (Å²) in [6, 6.07) is 0.0650. The van der Waals surface area contributed by atoms with Crippen molar-refractivity contribution in [2.24, 2.45) is 11.1 Å². The van der Waals surface area contributed by atoms with Gasteiger partial charge in [0.2, 0.25) is 0 Å². The molecule has 0 spiro atoms. The summed E-state index contributed by atoms with van der Waals surface area (Å²) < 4.78 is 0. The molecule has 3 heteroatoms. The van der Waals surface area contributed by atoms with E-state index in [1.54, 1.807) is 11.9 Å². The fourth-order valence-electron chi connectivity index (χ4n) is 1.95. The maximum atomic E-state index is 10.9. The Morgan fingerprint density at radius 1 is 1.38 bits per heavy atom. The molecule has 0 aromatic heterocycles. The Morgan fingerprint density at radius 2 is 1.85 bits per heavy atom. The van der Waals surface area contributed by atoms with E-state index in [1.165, 1.54) is 12.8 Å². The first-order valence-corrected chi connectivity index (χ1v) is 4.95. The van der Waals surface area contributed by atoms with Crippen molar-refractivity contribution in [2.75, 3.05) is 7.05 Å². The number of primary amides is 1. The van der Waals surface area contributed by atoms with E-state index in [4.69, 9.17) is 5.73 Å². The summed E-state index contributed by atoms with van der Waals surface area (Å²) >= 11 is 0. The Bertz CT molecular complexity index is 191. The fraction of sp³-hybridized carbons (Fsp3) is 0.900. The molecule has 1 aliphatic carbocycles. The molecule has 1 rings (SSSR count). The average Bonchev–Trinajstić information content (AvgIpc) is 2.03. The summed E-state index contributed by atoms with van der Waals surface area (Å²) in [4.78, 5) is 12.6. The minimum Gasteiger partial charge on any atom is -0.351 e. The number of hydrogen-bond donors (Lipinski definition) is 1. The van der Waals surface area contributed by atoms with Gasteiger partial charge in [-0.05, 0) is 31.1 Å². The molecule has 0 heterocycles. The Labute approximate surface area is 80.3 Å². The van der Waals surface area contributed by atoms with Crippen LogP contribution in [0, 0.1) is 5.41 Å². The lowest BCUT2D eigenvalue weighted by atomic mass is 9.75. The summed E-state index contributed by atoms with van der Waals surface area (Å²) in [6.45, 7) is 4.57. The van der Waals surface area contributed by atoms with Crippen molar-refractivity contribution in [3.8, 4) is 0 Å². The number of amides is 2. The van der Waals surface area contributed by atoms with E-state index in [0.717, 1.165) is 12.8 Å². The number of hydrogen-bond acceptors (Lipinski definition) is 1. The van der Waals surface area contributed by atoms with Crippen molar-refractivity contribution in [2.45, 2.75) is 45.6 Å². The lowest BCUT2D eigenvalue weighted by Crippen LogP contribution is -2.43. The van der Waals surface area contributed by atoms with Crippen molar-refractivity contribution in [3.05, 3.63) is 0 Å². The van der Waals surface area contributed by atoms with Crippen LogP contribution in [0.25, 0.3) is 0 Å². The maximum absolute atomic E-state index is 10.9. The molecule has 0 bridgehead atoms. The number of rotatable bonds is 1. The zero-order chi connectivity index (χ0) is 10.1. The Kier molecular flexibility index (Phi) is 2.84. The predicted octanol–water partition coefficient (Wildman–Crippen LogP) is 1.97. The van der Waals surface area contributed by atoms with Crippen LogP contribution in [0.3, 0.4) is 0 Å². The molecule has 1 fully saturated rings. The van der Waals surface area contributed by atoms with Crippen LogP contribution in [-0.2, 0) is 0 Å². The molecular formula is C10H20N2O. The summed E-state index contributed by atoms with van der Waals surface area (Å²) in [5.41, 5.74) is 5.67. The first-order chi connectivity index (χ1) is 5.92. The lowest BCUT2D eigenvalue weighted by Gasteiger charge is -2.37. The molecule has 1 saturated carbocycles. The van der Waals surface area contributed by atoms with Crippen molar-refractivity contribution < 1.29 is 4.79 Å². The fourth-order valence-corrected chi connectivity index (χ4v) is 1.95. The van der Waals surface area contributed by atoms with Crippen LogP contribution in [0.4, 0.5) is 4.79 Å². The molecule has 3 nitrogen and oxygen atoms in total. The smallest absolute Gasteiger partial charge is 0.314 e. The van der Waals surface area contributed by atoms with Crippen LogP contribution in [-0.4, -0.2) is 24.0 Å². The quantitative estimate of drug-likeness (QED) is 0.665. The van der Waals surface area contributed by atoms with Gasteiger partial charge in [0.25, 0.3) is 0 Å². The Hall–Kier alpha value is -0.730. The van der Waals surface area contributed by atoms with E-state index in [0.29, 0.717) is 11.5 Å². The molecular weight excluding hydrogens is 164 g/mol. The highest BCUT2D eigenvalue weighted by Gasteiger charge is 2.29. The van der Waals surface area contributed by atoms with Gasteiger partial charge in [-0.25, -0.2) is 4.79 Å². The van der Waals surface area contributed by atoms with E-state index < -0.39 is 0 Å². The molecule has 0 atom stereocenters. The SMILES string of the molecule is CN(C(N)=O)C1CCC(C)(C)CC1. The van der Waals surface area contributed by atoms with Gasteiger partial charge in [0.1, 0.15) is 0 Å². The molecule has 1 aliphatic rings. The maximum Gasteiger partial charge on any atom is 0.314 e. The summed E-state index contributed by atoms with van der Waals surface area (Å²) in [6.07, 6.45) is 4.56. The number of nitrogens with zero attached hydrogens (tertiary/aromatic N) is 1. The zero-order valence-corrected chi connectivity index (χ0v) is 8.84. The number of nitrogens with two attached hydrogens (primary N) is 1. The van der Waals surface area contributed by atoms with Gasteiger partial charge in [0.15, 0.2) is 0 Å². The van der Waals surface area contributed by atoms with Gasteiger partial charge in [-0.2, -0.15) is 0 Å². The second-order valence-electron chi connectivity index (χ2n) is 4.84.